The quantitative estimate of drug-likeness (QED) is 0.321. The summed E-state index contributed by atoms with van der Waals surface area (Å²) >= 11 is 0. The van der Waals surface area contributed by atoms with Gasteiger partial charge in [-0.15, -0.1) is 0 Å². The molecule has 0 spiro atoms. The Bertz CT molecular complexity index is 1630. The zero-order chi connectivity index (χ0) is 22.9. The second kappa shape index (κ2) is 8.19. The van der Waals surface area contributed by atoms with Crippen molar-refractivity contribution in [2.75, 3.05) is 0 Å². The average molecular weight is 441 g/mol. The lowest BCUT2D eigenvalue weighted by atomic mass is 10.1. The summed E-state index contributed by atoms with van der Waals surface area (Å²) in [6, 6.07) is 17.2. The molecule has 0 atom stereocenters. The number of nitrogens with one attached hydrogen (secondary N) is 1. The minimum Gasteiger partial charge on any atom is -0.361 e. The molecule has 33 heavy (non-hydrogen) atoms. The minimum atomic E-state index is -0.502. The number of non-ortho nitro benzene ring substituents is 1. The van der Waals surface area contributed by atoms with Crippen molar-refractivity contribution < 1.29 is 4.92 Å². The van der Waals surface area contributed by atoms with Crippen molar-refractivity contribution in [1.82, 2.24) is 19.1 Å². The van der Waals surface area contributed by atoms with Gasteiger partial charge in [0.25, 0.3) is 11.2 Å². The van der Waals surface area contributed by atoms with E-state index in [2.05, 4.69) is 9.97 Å². The standard InChI is InChI=1S/C24H19N5O4/c30-23-20-8-4-11-25-22(20)28(15-16-5-3-6-18(13-16)29(32)33)24(31)27(23)12-10-17-14-26-21-9-2-1-7-19(17)21/h1-9,11,13-14,26H,10,12,15H2. The SMILES string of the molecule is O=c1c2cccnc2n(Cc2cccc([N+](=O)[O-])c2)c(=O)n1CCc1c[nH]c2ccccc12. The fourth-order valence-electron chi connectivity index (χ4n) is 4.11. The summed E-state index contributed by atoms with van der Waals surface area (Å²) in [6.07, 6.45) is 3.89. The summed E-state index contributed by atoms with van der Waals surface area (Å²) in [5, 5.41) is 12.5. The first-order chi connectivity index (χ1) is 16.0. The molecule has 0 amide bonds. The second-order valence-electron chi connectivity index (χ2n) is 7.74. The molecular formula is C24H19N5O4. The number of nitro groups is 1. The number of nitrogens with zero attached hydrogens (tertiary/aromatic N) is 4. The summed E-state index contributed by atoms with van der Waals surface area (Å²) in [6.45, 7) is 0.251. The van der Waals surface area contributed by atoms with Gasteiger partial charge in [0.1, 0.15) is 5.65 Å². The van der Waals surface area contributed by atoms with Crippen molar-refractivity contribution in [2.45, 2.75) is 19.5 Å². The Kier molecular flexibility index (Phi) is 5.06. The third kappa shape index (κ3) is 3.69. The number of pyridine rings is 1. The van der Waals surface area contributed by atoms with Crippen LogP contribution in [0.2, 0.25) is 0 Å². The molecule has 0 saturated carbocycles. The van der Waals surface area contributed by atoms with Crippen LogP contribution < -0.4 is 11.2 Å². The van der Waals surface area contributed by atoms with Crippen molar-refractivity contribution in [3.05, 3.63) is 115 Å². The molecule has 0 aliphatic rings. The Balaban J connectivity index is 1.58. The maximum atomic E-state index is 13.4. The molecule has 0 bridgehead atoms. The zero-order valence-electron chi connectivity index (χ0n) is 17.5. The van der Waals surface area contributed by atoms with Gasteiger partial charge in [-0.3, -0.25) is 24.0 Å². The molecule has 164 valence electrons. The Morgan fingerprint density at radius 1 is 0.970 bits per heavy atom. The molecule has 9 nitrogen and oxygen atoms in total. The van der Waals surface area contributed by atoms with Crippen LogP contribution in [0.25, 0.3) is 21.9 Å². The molecule has 2 aromatic carbocycles. The maximum absolute atomic E-state index is 13.4. The van der Waals surface area contributed by atoms with E-state index in [0.29, 0.717) is 17.4 Å². The highest BCUT2D eigenvalue weighted by molar-refractivity contribution is 5.83. The van der Waals surface area contributed by atoms with E-state index in [0.717, 1.165) is 16.5 Å². The average Bonchev–Trinajstić information content (AvgIpc) is 3.25. The molecule has 0 fully saturated rings. The van der Waals surface area contributed by atoms with Crippen LogP contribution in [0, 0.1) is 10.1 Å². The van der Waals surface area contributed by atoms with Gasteiger partial charge in [-0.1, -0.05) is 30.3 Å². The van der Waals surface area contributed by atoms with E-state index in [1.807, 2.05) is 30.5 Å². The number of fused-ring (bicyclic) bond motifs is 2. The number of nitro benzene ring substituents is 1. The largest absolute Gasteiger partial charge is 0.361 e. The smallest absolute Gasteiger partial charge is 0.332 e. The highest BCUT2D eigenvalue weighted by Crippen LogP contribution is 2.19. The van der Waals surface area contributed by atoms with Gasteiger partial charge >= 0.3 is 5.69 Å². The fraction of sp³-hybridized carbons (Fsp3) is 0.125. The number of hydrogen-bond acceptors (Lipinski definition) is 5. The lowest BCUT2D eigenvalue weighted by Crippen LogP contribution is -2.41. The number of aromatic amines is 1. The normalized spacial score (nSPS) is 11.3. The first-order valence-corrected chi connectivity index (χ1v) is 10.4. The predicted molar refractivity (Wildman–Crippen MR) is 124 cm³/mol. The van der Waals surface area contributed by atoms with E-state index in [9.17, 15) is 19.7 Å². The molecule has 9 heteroatoms. The van der Waals surface area contributed by atoms with Gasteiger partial charge in [-0.25, -0.2) is 9.78 Å². The Labute approximate surface area is 186 Å². The van der Waals surface area contributed by atoms with Crippen molar-refractivity contribution >= 4 is 27.6 Å². The predicted octanol–water partition coefficient (Wildman–Crippen LogP) is 3.24. The van der Waals surface area contributed by atoms with E-state index < -0.39 is 16.2 Å². The van der Waals surface area contributed by atoms with E-state index in [4.69, 9.17) is 0 Å². The molecule has 3 heterocycles. The number of para-hydroxylation sites is 1. The molecular weight excluding hydrogens is 422 g/mol. The fourth-order valence-corrected chi connectivity index (χ4v) is 4.11. The van der Waals surface area contributed by atoms with Crippen LogP contribution in [0.4, 0.5) is 5.69 Å². The summed E-state index contributed by atoms with van der Waals surface area (Å²) in [7, 11) is 0. The van der Waals surface area contributed by atoms with Crippen molar-refractivity contribution in [3.8, 4) is 0 Å². The number of hydrogen-bond donors (Lipinski definition) is 1. The van der Waals surface area contributed by atoms with Crippen LogP contribution in [0.5, 0.6) is 0 Å². The van der Waals surface area contributed by atoms with Crippen molar-refractivity contribution in [2.24, 2.45) is 0 Å². The van der Waals surface area contributed by atoms with Gasteiger partial charge in [0.2, 0.25) is 0 Å². The Hall–Kier alpha value is -4.53. The molecule has 0 unspecified atom stereocenters. The number of H-pyrrole nitrogens is 1. The maximum Gasteiger partial charge on any atom is 0.332 e. The lowest BCUT2D eigenvalue weighted by molar-refractivity contribution is -0.384. The van der Waals surface area contributed by atoms with Crippen LogP contribution >= 0.6 is 0 Å². The van der Waals surface area contributed by atoms with Crippen molar-refractivity contribution in [1.29, 1.82) is 0 Å². The Morgan fingerprint density at radius 2 is 1.79 bits per heavy atom. The molecule has 5 aromatic rings. The zero-order valence-corrected chi connectivity index (χ0v) is 17.5. The topological polar surface area (TPSA) is 116 Å². The monoisotopic (exact) mass is 441 g/mol. The molecule has 1 N–H and O–H groups in total. The summed E-state index contributed by atoms with van der Waals surface area (Å²) in [5.41, 5.74) is 1.85. The van der Waals surface area contributed by atoms with Crippen LogP contribution in [0.15, 0.2) is 82.6 Å². The molecule has 0 radical (unpaired) electrons. The number of benzene rings is 2. The molecule has 5 rings (SSSR count). The van der Waals surface area contributed by atoms with Crippen LogP contribution in [0.1, 0.15) is 11.1 Å². The summed E-state index contributed by atoms with van der Waals surface area (Å²) < 4.78 is 2.61. The number of rotatable bonds is 6. The number of aromatic nitrogens is 4. The van der Waals surface area contributed by atoms with Gasteiger partial charge in [0.05, 0.1) is 16.9 Å². The van der Waals surface area contributed by atoms with E-state index in [1.165, 1.54) is 27.5 Å². The summed E-state index contributed by atoms with van der Waals surface area (Å²) in [5.74, 6) is 0. The third-order valence-corrected chi connectivity index (χ3v) is 5.72. The van der Waals surface area contributed by atoms with Crippen molar-refractivity contribution in [3.63, 3.8) is 0 Å². The third-order valence-electron chi connectivity index (χ3n) is 5.72. The number of aryl methyl sites for hydroxylation is 1. The van der Waals surface area contributed by atoms with E-state index in [-0.39, 0.29) is 24.4 Å². The van der Waals surface area contributed by atoms with Gasteiger partial charge < -0.3 is 4.98 Å². The first-order valence-electron chi connectivity index (χ1n) is 10.4. The Morgan fingerprint density at radius 3 is 2.64 bits per heavy atom. The highest BCUT2D eigenvalue weighted by Gasteiger charge is 2.16. The van der Waals surface area contributed by atoms with Crippen LogP contribution in [-0.4, -0.2) is 24.0 Å². The lowest BCUT2D eigenvalue weighted by Gasteiger charge is -2.13. The first kappa shape index (κ1) is 20.4. The van der Waals surface area contributed by atoms with Crippen LogP contribution in [0.3, 0.4) is 0 Å². The van der Waals surface area contributed by atoms with Gasteiger partial charge in [0, 0.05) is 42.0 Å². The van der Waals surface area contributed by atoms with E-state index in [1.54, 1.807) is 24.3 Å². The molecule has 0 aliphatic carbocycles. The van der Waals surface area contributed by atoms with Gasteiger partial charge in [0.15, 0.2) is 0 Å². The van der Waals surface area contributed by atoms with Crippen LogP contribution in [-0.2, 0) is 19.5 Å². The van der Waals surface area contributed by atoms with Gasteiger partial charge in [-0.2, -0.15) is 0 Å². The molecule has 0 aliphatic heterocycles. The molecule has 3 aromatic heterocycles. The summed E-state index contributed by atoms with van der Waals surface area (Å²) in [4.78, 5) is 44.7. The second-order valence-corrected chi connectivity index (χ2v) is 7.74. The van der Waals surface area contributed by atoms with Gasteiger partial charge in [-0.05, 0) is 35.7 Å². The molecule has 0 saturated heterocycles. The minimum absolute atomic E-state index is 0.0569. The highest BCUT2D eigenvalue weighted by atomic mass is 16.6. The van der Waals surface area contributed by atoms with E-state index >= 15 is 0 Å².